The summed E-state index contributed by atoms with van der Waals surface area (Å²) in [4.78, 5) is 63.6. The third-order valence-corrected chi connectivity index (χ3v) is 5.66. The number of carbonyl (C=O) groups excluding carboxylic acids is 3. The number of aliphatic hydroxyl groups is 1. The fraction of sp³-hybridized carbons (Fsp3) is 0.333. The Hall–Kier alpha value is -4.56. The van der Waals surface area contributed by atoms with Gasteiger partial charge in [0.15, 0.2) is 0 Å². The molecule has 0 saturated heterocycles. The first-order valence-electron chi connectivity index (χ1n) is 11.8. The van der Waals surface area contributed by atoms with Gasteiger partial charge in [0.1, 0.15) is 18.1 Å². The summed E-state index contributed by atoms with van der Waals surface area (Å²) in [7, 11) is 0. The maximum absolute atomic E-state index is 13.2. The quantitative estimate of drug-likeness (QED) is 0.116. The van der Waals surface area contributed by atoms with Crippen LogP contribution in [0.25, 0.3) is 0 Å². The molecule has 3 aromatic rings. The van der Waals surface area contributed by atoms with Gasteiger partial charge in [-0.1, -0.05) is 30.3 Å². The van der Waals surface area contributed by atoms with Crippen molar-refractivity contribution in [1.29, 1.82) is 0 Å². The lowest BCUT2D eigenvalue weighted by Crippen LogP contribution is -2.58. The van der Waals surface area contributed by atoms with E-state index in [1.807, 2.05) is 0 Å². The number of hydrogen-bond acceptors (Lipinski definition) is 8. The summed E-state index contributed by atoms with van der Waals surface area (Å²) in [6.07, 6.45) is 5.91. The Balaban J connectivity index is 1.68. The molecule has 0 fully saturated rings. The zero-order valence-electron chi connectivity index (χ0n) is 20.3. The van der Waals surface area contributed by atoms with Crippen molar-refractivity contribution in [2.75, 3.05) is 6.61 Å². The number of carboxylic acid groups (broad SMARTS) is 1. The molecular formula is C24H30N8O6. The van der Waals surface area contributed by atoms with Gasteiger partial charge in [-0.15, -0.1) is 0 Å². The number of hydrogen-bond donors (Lipinski definition) is 8. The molecule has 0 aliphatic rings. The molecule has 4 atom stereocenters. The van der Waals surface area contributed by atoms with E-state index in [4.69, 9.17) is 5.73 Å². The molecule has 0 aliphatic heterocycles. The molecule has 0 radical (unpaired) electrons. The van der Waals surface area contributed by atoms with Crippen molar-refractivity contribution < 1.29 is 29.4 Å². The van der Waals surface area contributed by atoms with Crippen LogP contribution in [0.4, 0.5) is 0 Å². The Morgan fingerprint density at radius 3 is 1.89 bits per heavy atom. The molecule has 0 bridgehead atoms. The Morgan fingerprint density at radius 2 is 1.34 bits per heavy atom. The Labute approximate surface area is 217 Å². The number of carboxylic acids is 1. The number of imidazole rings is 2. The van der Waals surface area contributed by atoms with Crippen LogP contribution in [0, 0.1) is 0 Å². The second-order valence-corrected chi connectivity index (χ2v) is 8.56. The number of nitrogens with one attached hydrogen (secondary N) is 5. The van der Waals surface area contributed by atoms with Crippen LogP contribution in [0.2, 0.25) is 0 Å². The number of H-pyrrole nitrogens is 2. The van der Waals surface area contributed by atoms with Gasteiger partial charge < -0.3 is 41.9 Å². The summed E-state index contributed by atoms with van der Waals surface area (Å²) in [6.45, 7) is -0.806. The van der Waals surface area contributed by atoms with Gasteiger partial charge in [0, 0.05) is 43.0 Å². The molecule has 9 N–H and O–H groups in total. The number of amides is 3. The average molecular weight is 527 g/mol. The van der Waals surface area contributed by atoms with E-state index in [9.17, 15) is 29.4 Å². The molecule has 3 rings (SSSR count). The number of carbonyl (C=O) groups is 4. The average Bonchev–Trinajstić information content (AvgIpc) is 3.61. The van der Waals surface area contributed by atoms with Crippen molar-refractivity contribution in [1.82, 2.24) is 35.9 Å². The molecule has 202 valence electrons. The maximum Gasteiger partial charge on any atom is 0.326 e. The highest BCUT2D eigenvalue weighted by atomic mass is 16.4. The van der Waals surface area contributed by atoms with E-state index in [0.717, 1.165) is 5.56 Å². The van der Waals surface area contributed by atoms with Crippen LogP contribution in [0.5, 0.6) is 0 Å². The maximum atomic E-state index is 13.2. The molecule has 2 heterocycles. The molecule has 0 aliphatic carbocycles. The van der Waals surface area contributed by atoms with Gasteiger partial charge in [-0.2, -0.15) is 0 Å². The molecule has 3 amide bonds. The molecule has 0 spiro atoms. The molecule has 4 unspecified atom stereocenters. The van der Waals surface area contributed by atoms with Crippen LogP contribution < -0.4 is 21.7 Å². The van der Waals surface area contributed by atoms with E-state index in [0.29, 0.717) is 11.4 Å². The van der Waals surface area contributed by atoms with E-state index in [2.05, 4.69) is 35.9 Å². The normalized spacial score (nSPS) is 14.1. The lowest BCUT2D eigenvalue weighted by Gasteiger charge is -2.24. The highest BCUT2D eigenvalue weighted by Crippen LogP contribution is 2.06. The van der Waals surface area contributed by atoms with Gasteiger partial charge in [-0.25, -0.2) is 14.8 Å². The second-order valence-electron chi connectivity index (χ2n) is 8.56. The van der Waals surface area contributed by atoms with Crippen LogP contribution in [0.3, 0.4) is 0 Å². The second kappa shape index (κ2) is 13.7. The van der Waals surface area contributed by atoms with E-state index in [1.54, 1.807) is 30.3 Å². The molecule has 1 aromatic carbocycles. The number of rotatable bonds is 14. The number of aromatic nitrogens is 4. The molecule has 0 saturated carbocycles. The van der Waals surface area contributed by atoms with Crippen molar-refractivity contribution in [3.63, 3.8) is 0 Å². The van der Waals surface area contributed by atoms with Gasteiger partial charge in [0.25, 0.3) is 0 Å². The fourth-order valence-electron chi connectivity index (χ4n) is 3.62. The lowest BCUT2D eigenvalue weighted by molar-refractivity contribution is -0.142. The van der Waals surface area contributed by atoms with E-state index in [-0.39, 0.29) is 19.3 Å². The summed E-state index contributed by atoms with van der Waals surface area (Å²) in [5.74, 6) is -3.58. The first kappa shape index (κ1) is 28.0. The van der Waals surface area contributed by atoms with Crippen LogP contribution in [-0.2, 0) is 38.4 Å². The van der Waals surface area contributed by atoms with Crippen molar-refractivity contribution in [3.05, 3.63) is 72.3 Å². The zero-order chi connectivity index (χ0) is 27.5. The summed E-state index contributed by atoms with van der Waals surface area (Å²) in [5, 5.41) is 26.6. The Kier molecular flexibility index (Phi) is 10.1. The Morgan fingerprint density at radius 1 is 0.789 bits per heavy atom. The highest BCUT2D eigenvalue weighted by Gasteiger charge is 2.30. The van der Waals surface area contributed by atoms with Gasteiger partial charge in [-0.05, 0) is 5.56 Å². The minimum atomic E-state index is -1.47. The van der Waals surface area contributed by atoms with Crippen LogP contribution >= 0.6 is 0 Å². The molecular weight excluding hydrogens is 496 g/mol. The summed E-state index contributed by atoms with van der Waals surface area (Å²) >= 11 is 0. The Bertz CT molecular complexity index is 1190. The van der Waals surface area contributed by atoms with Crippen LogP contribution in [0.15, 0.2) is 55.4 Å². The van der Waals surface area contributed by atoms with Crippen molar-refractivity contribution in [2.45, 2.75) is 43.4 Å². The summed E-state index contributed by atoms with van der Waals surface area (Å²) < 4.78 is 0. The SMILES string of the molecule is NC(Cc1cnc[nH]1)C(=O)NC(Cc1ccccc1)C(=O)NC(CO)C(=O)NC(Cc1cnc[nH]1)C(=O)O. The van der Waals surface area contributed by atoms with Crippen LogP contribution in [0.1, 0.15) is 17.0 Å². The largest absolute Gasteiger partial charge is 0.480 e. The number of benzene rings is 1. The van der Waals surface area contributed by atoms with Crippen molar-refractivity contribution in [3.8, 4) is 0 Å². The minimum Gasteiger partial charge on any atom is -0.480 e. The van der Waals surface area contributed by atoms with E-state index in [1.165, 1.54) is 25.0 Å². The first-order valence-corrected chi connectivity index (χ1v) is 11.8. The summed E-state index contributed by atoms with van der Waals surface area (Å²) in [5.41, 5.74) is 7.84. The van der Waals surface area contributed by atoms with Gasteiger partial charge in [0.05, 0.1) is 25.3 Å². The standard InChI is InChI=1S/C24H30N8O6/c25-17(7-15-9-26-12-28-15)21(34)30-18(6-14-4-2-1-3-5-14)22(35)32-20(11-33)23(36)31-19(24(37)38)8-16-10-27-13-29-16/h1-5,9-10,12-13,17-20,33H,6-8,11,25H2,(H,26,28)(H,27,29)(H,30,34)(H,31,36)(H,32,35)(H,37,38). The number of nitrogens with two attached hydrogens (primary N) is 1. The van der Waals surface area contributed by atoms with Gasteiger partial charge >= 0.3 is 5.97 Å². The predicted molar refractivity (Wildman–Crippen MR) is 133 cm³/mol. The van der Waals surface area contributed by atoms with E-state index < -0.39 is 54.5 Å². The van der Waals surface area contributed by atoms with Gasteiger partial charge in [-0.3, -0.25) is 14.4 Å². The smallest absolute Gasteiger partial charge is 0.326 e. The number of aliphatic hydroxyl groups excluding tert-OH is 1. The molecule has 14 heteroatoms. The van der Waals surface area contributed by atoms with E-state index >= 15 is 0 Å². The zero-order valence-corrected chi connectivity index (χ0v) is 20.3. The molecule has 2 aromatic heterocycles. The van der Waals surface area contributed by atoms with Gasteiger partial charge in [0.2, 0.25) is 17.7 Å². The third kappa shape index (κ3) is 8.25. The lowest BCUT2D eigenvalue weighted by atomic mass is 10.0. The third-order valence-electron chi connectivity index (χ3n) is 5.66. The minimum absolute atomic E-state index is 0.0759. The predicted octanol–water partition coefficient (Wildman–Crippen LogP) is -1.98. The topological polar surface area (TPSA) is 228 Å². The molecule has 14 nitrogen and oxygen atoms in total. The molecule has 38 heavy (non-hydrogen) atoms. The highest BCUT2D eigenvalue weighted by molar-refractivity contribution is 5.94. The monoisotopic (exact) mass is 526 g/mol. The van der Waals surface area contributed by atoms with Crippen molar-refractivity contribution in [2.24, 2.45) is 5.73 Å². The van der Waals surface area contributed by atoms with Crippen LogP contribution in [-0.4, -0.2) is 84.6 Å². The number of aromatic amines is 2. The fourth-order valence-corrected chi connectivity index (χ4v) is 3.62. The first-order chi connectivity index (χ1) is 18.3. The number of aliphatic carboxylic acids is 1. The summed E-state index contributed by atoms with van der Waals surface area (Å²) in [6, 6.07) is 3.93. The number of nitrogens with zero attached hydrogens (tertiary/aromatic N) is 2. The van der Waals surface area contributed by atoms with Crippen molar-refractivity contribution >= 4 is 23.7 Å².